The van der Waals surface area contributed by atoms with E-state index in [0.29, 0.717) is 33.8 Å². The van der Waals surface area contributed by atoms with E-state index in [1.54, 1.807) is 29.7 Å². The number of nitrogens with one attached hydrogen (secondary N) is 3. The zero-order valence-electron chi connectivity index (χ0n) is 30.4. The van der Waals surface area contributed by atoms with Gasteiger partial charge in [0.15, 0.2) is 5.82 Å². The normalized spacial score (nSPS) is 13.4. The number of carbonyl (C=O) groups excluding carboxylic acids is 2. The standard InChI is InChI=1S/C40H34N8O5S2/c1-22-8-17-31(37-34(22)29(20-41)21-43-37)47-55(51,52)30-15-13-28(14-16-30)39(50)42-18-6-7-26-9-11-27(12-10-26)36-35-23(2)24(3)54-40(35)48-25(4)45-46-38(48)32(44-36)19-33(49)53-5/h8-17,21,32,43,47H,18-19H2,1-5H3,(H,42,50)/t32-/m0/s1. The third-order valence-electron chi connectivity index (χ3n) is 9.39. The molecule has 4 heterocycles. The third kappa shape index (κ3) is 6.99. The Kier molecular flexibility index (Phi) is 9.83. The number of aromatic nitrogens is 4. The number of nitriles is 1. The number of hydrogen-bond donors (Lipinski definition) is 3. The lowest BCUT2D eigenvalue weighted by molar-refractivity contribution is -0.141. The van der Waals surface area contributed by atoms with E-state index in [0.717, 1.165) is 43.4 Å². The summed E-state index contributed by atoms with van der Waals surface area (Å²) in [6.07, 6.45) is 1.55. The lowest BCUT2D eigenvalue weighted by Crippen LogP contribution is -2.23. The molecule has 13 nitrogen and oxygen atoms in total. The fourth-order valence-corrected chi connectivity index (χ4v) is 8.72. The highest BCUT2D eigenvalue weighted by atomic mass is 32.2. The maximum absolute atomic E-state index is 13.2. The summed E-state index contributed by atoms with van der Waals surface area (Å²) < 4.78 is 35.9. The summed E-state index contributed by atoms with van der Waals surface area (Å²) in [7, 11) is -2.65. The number of ether oxygens (including phenoxy) is 1. The molecule has 1 aliphatic heterocycles. The van der Waals surface area contributed by atoms with Crippen LogP contribution in [0.15, 0.2) is 76.7 Å². The van der Waals surface area contributed by atoms with Gasteiger partial charge < -0.3 is 15.0 Å². The molecule has 0 fully saturated rings. The van der Waals surface area contributed by atoms with Crippen LogP contribution in [0.1, 0.15) is 72.7 Å². The van der Waals surface area contributed by atoms with Crippen LogP contribution in [-0.2, 0) is 19.6 Å². The van der Waals surface area contributed by atoms with Crippen molar-refractivity contribution in [1.82, 2.24) is 25.1 Å². The van der Waals surface area contributed by atoms with Gasteiger partial charge in [0.1, 0.15) is 22.9 Å². The zero-order valence-corrected chi connectivity index (χ0v) is 32.1. The van der Waals surface area contributed by atoms with Crippen LogP contribution in [0.3, 0.4) is 0 Å². The Balaban J connectivity index is 1.03. The first-order chi connectivity index (χ1) is 26.4. The van der Waals surface area contributed by atoms with Crippen LogP contribution in [0.25, 0.3) is 15.9 Å². The van der Waals surface area contributed by atoms with Gasteiger partial charge in [-0.25, -0.2) is 8.42 Å². The quantitative estimate of drug-likeness (QED) is 0.125. The molecular formula is C40H34N8O5S2. The highest BCUT2D eigenvalue weighted by molar-refractivity contribution is 7.92. The van der Waals surface area contributed by atoms with Gasteiger partial charge in [-0.2, -0.15) is 5.26 Å². The van der Waals surface area contributed by atoms with Crippen LogP contribution in [-0.4, -0.2) is 59.4 Å². The molecule has 3 N–H and O–H groups in total. The number of amides is 1. The predicted molar refractivity (Wildman–Crippen MR) is 209 cm³/mol. The van der Waals surface area contributed by atoms with Crippen LogP contribution in [0.5, 0.6) is 0 Å². The van der Waals surface area contributed by atoms with Crippen LogP contribution < -0.4 is 10.0 Å². The van der Waals surface area contributed by atoms with Crippen LogP contribution in [0, 0.1) is 50.9 Å². The minimum absolute atomic E-state index is 0.0119. The summed E-state index contributed by atoms with van der Waals surface area (Å²) in [6.45, 7) is 7.91. The predicted octanol–water partition coefficient (Wildman–Crippen LogP) is 5.95. The lowest BCUT2D eigenvalue weighted by atomic mass is 9.98. The van der Waals surface area contributed by atoms with Crippen molar-refractivity contribution < 1.29 is 22.7 Å². The molecule has 0 saturated carbocycles. The minimum atomic E-state index is -4.00. The molecular weight excluding hydrogens is 737 g/mol. The summed E-state index contributed by atoms with van der Waals surface area (Å²) in [5.74, 6) is 6.51. The molecule has 1 atom stereocenters. The second-order valence-corrected chi connectivity index (χ2v) is 15.7. The summed E-state index contributed by atoms with van der Waals surface area (Å²) in [5, 5.41) is 22.5. The maximum Gasteiger partial charge on any atom is 0.308 e. The lowest BCUT2D eigenvalue weighted by Gasteiger charge is -2.11. The minimum Gasteiger partial charge on any atom is -0.469 e. The monoisotopic (exact) mass is 770 g/mol. The van der Waals surface area contributed by atoms with Crippen molar-refractivity contribution in [2.45, 2.75) is 45.1 Å². The number of thiophene rings is 1. The molecule has 3 aromatic heterocycles. The molecule has 6 aromatic rings. The maximum atomic E-state index is 13.2. The molecule has 0 radical (unpaired) electrons. The Hall–Kier alpha value is -6.55. The smallest absolute Gasteiger partial charge is 0.308 e. The number of hydrogen-bond acceptors (Lipinski definition) is 10. The van der Waals surface area contributed by atoms with Crippen molar-refractivity contribution in [3.63, 3.8) is 0 Å². The fourth-order valence-electron chi connectivity index (χ4n) is 6.43. The topological polar surface area (TPSA) is 184 Å². The Labute approximate surface area is 321 Å². The van der Waals surface area contributed by atoms with E-state index in [-0.39, 0.29) is 23.4 Å². The number of sulfonamides is 1. The van der Waals surface area contributed by atoms with Crippen molar-refractivity contribution in [2.24, 2.45) is 4.99 Å². The SMILES string of the molecule is COC(=O)C[C@@H]1N=C(c2ccc(C#CCNC(=O)c3ccc(S(=O)(=O)Nc4ccc(C)c5c(C#N)c[nH]c45)cc3)cc2)c2c(sc(C)c2C)-n2c(C)nnc21. The summed E-state index contributed by atoms with van der Waals surface area (Å²) >= 11 is 1.63. The summed E-state index contributed by atoms with van der Waals surface area (Å²) in [6, 6.07) is 18.1. The molecule has 55 heavy (non-hydrogen) atoms. The number of anilines is 1. The van der Waals surface area contributed by atoms with E-state index in [4.69, 9.17) is 9.73 Å². The number of nitrogens with zero attached hydrogens (tertiary/aromatic N) is 5. The van der Waals surface area contributed by atoms with Crippen molar-refractivity contribution in [2.75, 3.05) is 18.4 Å². The molecule has 1 amide bonds. The van der Waals surface area contributed by atoms with Crippen LogP contribution >= 0.6 is 11.3 Å². The van der Waals surface area contributed by atoms with E-state index in [9.17, 15) is 23.3 Å². The molecule has 1 aliphatic rings. The Morgan fingerprint density at radius 3 is 2.47 bits per heavy atom. The molecule has 15 heteroatoms. The second kappa shape index (κ2) is 14.7. The highest BCUT2D eigenvalue weighted by Crippen LogP contribution is 2.39. The zero-order chi connectivity index (χ0) is 39.0. The van der Waals surface area contributed by atoms with Gasteiger partial charge >= 0.3 is 5.97 Å². The number of aryl methyl sites for hydroxylation is 3. The van der Waals surface area contributed by atoms with E-state index in [2.05, 4.69) is 57.0 Å². The molecule has 0 bridgehead atoms. The Morgan fingerprint density at radius 2 is 1.76 bits per heavy atom. The summed E-state index contributed by atoms with van der Waals surface area (Å²) in [5.41, 5.74) is 6.70. The van der Waals surface area contributed by atoms with Gasteiger partial charge in [-0.1, -0.05) is 30.0 Å². The number of carbonyl (C=O) groups is 2. The number of H-pyrrole nitrogens is 1. The first-order valence-electron chi connectivity index (χ1n) is 17.1. The van der Waals surface area contributed by atoms with E-state index < -0.39 is 27.9 Å². The largest absolute Gasteiger partial charge is 0.469 e. The molecule has 0 unspecified atom stereocenters. The number of aromatic amines is 1. The van der Waals surface area contributed by atoms with Crippen LogP contribution in [0.4, 0.5) is 5.69 Å². The molecule has 0 saturated heterocycles. The number of benzene rings is 3. The van der Waals surface area contributed by atoms with E-state index >= 15 is 0 Å². The van der Waals surface area contributed by atoms with E-state index in [1.165, 1.54) is 31.4 Å². The van der Waals surface area contributed by atoms with Crippen LogP contribution in [0.2, 0.25) is 0 Å². The number of fused-ring (bicyclic) bond motifs is 4. The van der Waals surface area contributed by atoms with Gasteiger partial charge in [-0.3, -0.25) is 23.9 Å². The van der Waals surface area contributed by atoms with E-state index in [1.807, 2.05) is 42.7 Å². The number of rotatable bonds is 8. The Morgan fingerprint density at radius 1 is 1.02 bits per heavy atom. The van der Waals surface area contributed by atoms with Crippen molar-refractivity contribution in [1.29, 1.82) is 5.26 Å². The molecule has 276 valence electrons. The molecule has 3 aromatic carbocycles. The molecule has 0 spiro atoms. The van der Waals surface area contributed by atoms with Gasteiger partial charge in [0.2, 0.25) is 0 Å². The number of aliphatic imine (C=N–C) groups is 1. The molecule has 7 rings (SSSR count). The second-order valence-electron chi connectivity index (χ2n) is 12.9. The van der Waals surface area contributed by atoms with Gasteiger partial charge in [0, 0.05) is 38.7 Å². The van der Waals surface area contributed by atoms with Gasteiger partial charge in [-0.05, 0) is 81.3 Å². The average molecular weight is 771 g/mol. The fraction of sp³-hybridized carbons (Fsp3) is 0.200. The van der Waals surface area contributed by atoms with Crippen molar-refractivity contribution in [3.05, 3.63) is 122 Å². The van der Waals surface area contributed by atoms with Gasteiger partial charge in [0.25, 0.3) is 15.9 Å². The number of methoxy groups -OCH3 is 1. The highest BCUT2D eigenvalue weighted by Gasteiger charge is 2.32. The third-order valence-corrected chi connectivity index (χ3v) is 12.0. The average Bonchev–Trinajstić information content (AvgIpc) is 3.85. The van der Waals surface area contributed by atoms with Crippen molar-refractivity contribution in [3.8, 4) is 22.9 Å². The van der Waals surface area contributed by atoms with Gasteiger partial charge in [-0.15, -0.1) is 21.5 Å². The first-order valence-corrected chi connectivity index (χ1v) is 19.4. The Bertz CT molecular complexity index is 2760. The van der Waals surface area contributed by atoms with Gasteiger partial charge in [0.05, 0.1) is 47.5 Å². The summed E-state index contributed by atoms with van der Waals surface area (Å²) in [4.78, 5) is 34.4. The molecule has 0 aliphatic carbocycles. The number of esters is 1. The van der Waals surface area contributed by atoms with Crippen molar-refractivity contribution >= 4 is 55.5 Å². The first kappa shape index (κ1) is 36.8.